The second-order valence-corrected chi connectivity index (χ2v) is 7.24. The molecular formula is C20H23N5O3. The highest BCUT2D eigenvalue weighted by atomic mass is 16.5. The van der Waals surface area contributed by atoms with Gasteiger partial charge >= 0.3 is 5.97 Å². The van der Waals surface area contributed by atoms with Gasteiger partial charge in [-0.1, -0.05) is 6.07 Å². The molecule has 1 aliphatic rings. The van der Waals surface area contributed by atoms with Crippen LogP contribution in [0.1, 0.15) is 37.7 Å². The number of benzene rings is 1. The molecule has 0 aliphatic carbocycles. The standard InChI is InChI=1S/C20H23N5O3/c1-12(2)25-20(21-13(3)23-25)16-11-24-8-9-28-17-10-14(5-7-18(26)27)4-6-15(17)19(24)22-16/h4,6,10-12H,5,7-9H2,1-3H3,(H,26,27). The van der Waals surface area contributed by atoms with Crippen molar-refractivity contribution in [3.63, 3.8) is 0 Å². The molecule has 1 aliphatic heterocycles. The van der Waals surface area contributed by atoms with Crippen molar-refractivity contribution in [2.45, 2.75) is 46.2 Å². The highest BCUT2D eigenvalue weighted by Crippen LogP contribution is 2.34. The number of nitrogens with zero attached hydrogens (tertiary/aromatic N) is 5. The molecule has 1 N–H and O–H groups in total. The monoisotopic (exact) mass is 381 g/mol. The zero-order valence-electron chi connectivity index (χ0n) is 16.2. The van der Waals surface area contributed by atoms with E-state index in [-0.39, 0.29) is 12.5 Å². The summed E-state index contributed by atoms with van der Waals surface area (Å²) < 4.78 is 9.88. The Bertz CT molecular complexity index is 1030. The third kappa shape index (κ3) is 3.37. The number of aliphatic carboxylic acids is 1. The first-order valence-corrected chi connectivity index (χ1v) is 9.41. The number of fused-ring (bicyclic) bond motifs is 3. The number of ether oxygens (including phenoxy) is 1. The summed E-state index contributed by atoms with van der Waals surface area (Å²) in [5, 5.41) is 13.4. The lowest BCUT2D eigenvalue weighted by Crippen LogP contribution is -2.06. The maximum atomic E-state index is 10.8. The van der Waals surface area contributed by atoms with Crippen LogP contribution in [0.15, 0.2) is 24.4 Å². The molecule has 0 saturated carbocycles. The number of hydrogen-bond acceptors (Lipinski definition) is 5. The number of aryl methyl sites for hydroxylation is 2. The SMILES string of the molecule is Cc1nc(-c2cn3c(n2)-c2ccc(CCC(=O)O)cc2OCC3)n(C(C)C)n1. The summed E-state index contributed by atoms with van der Waals surface area (Å²) in [5.41, 5.74) is 2.62. The summed E-state index contributed by atoms with van der Waals surface area (Å²) >= 11 is 0. The minimum absolute atomic E-state index is 0.0990. The van der Waals surface area contributed by atoms with E-state index in [1.54, 1.807) is 0 Å². The van der Waals surface area contributed by atoms with Crippen molar-refractivity contribution in [3.8, 4) is 28.7 Å². The van der Waals surface area contributed by atoms with Crippen LogP contribution in [0.2, 0.25) is 0 Å². The Kier molecular flexibility index (Phi) is 4.62. The minimum Gasteiger partial charge on any atom is -0.491 e. The maximum absolute atomic E-state index is 10.8. The zero-order chi connectivity index (χ0) is 19.8. The molecular weight excluding hydrogens is 358 g/mol. The fourth-order valence-corrected chi connectivity index (χ4v) is 3.41. The molecule has 8 heteroatoms. The predicted molar refractivity (Wildman–Crippen MR) is 103 cm³/mol. The second kappa shape index (κ2) is 7.10. The number of carboxylic acid groups (broad SMARTS) is 1. The van der Waals surface area contributed by atoms with Crippen molar-refractivity contribution >= 4 is 5.97 Å². The Morgan fingerprint density at radius 2 is 2.11 bits per heavy atom. The number of carboxylic acids is 1. The number of hydrogen-bond donors (Lipinski definition) is 1. The van der Waals surface area contributed by atoms with E-state index < -0.39 is 5.97 Å². The molecule has 0 unspecified atom stereocenters. The Hall–Kier alpha value is -3.16. The summed E-state index contributed by atoms with van der Waals surface area (Å²) in [6.45, 7) is 7.22. The van der Waals surface area contributed by atoms with Crippen LogP contribution in [-0.4, -0.2) is 42.0 Å². The van der Waals surface area contributed by atoms with Gasteiger partial charge in [0.05, 0.1) is 12.1 Å². The lowest BCUT2D eigenvalue weighted by atomic mass is 10.1. The number of aromatic nitrogens is 5. The van der Waals surface area contributed by atoms with Crippen molar-refractivity contribution < 1.29 is 14.6 Å². The van der Waals surface area contributed by atoms with Crippen LogP contribution in [0, 0.1) is 6.92 Å². The lowest BCUT2D eigenvalue weighted by Gasteiger charge is -2.09. The average molecular weight is 381 g/mol. The highest BCUT2D eigenvalue weighted by Gasteiger charge is 2.22. The van der Waals surface area contributed by atoms with Gasteiger partial charge in [0.2, 0.25) is 0 Å². The second-order valence-electron chi connectivity index (χ2n) is 7.24. The molecule has 4 rings (SSSR count). The van der Waals surface area contributed by atoms with Crippen LogP contribution < -0.4 is 4.74 Å². The molecule has 146 valence electrons. The van der Waals surface area contributed by atoms with Crippen LogP contribution in [0.4, 0.5) is 0 Å². The molecule has 0 atom stereocenters. The third-order valence-electron chi connectivity index (χ3n) is 4.74. The van der Waals surface area contributed by atoms with Gasteiger partial charge in [-0.05, 0) is 44.9 Å². The zero-order valence-corrected chi connectivity index (χ0v) is 16.2. The van der Waals surface area contributed by atoms with Gasteiger partial charge in [0.1, 0.15) is 29.7 Å². The summed E-state index contributed by atoms with van der Waals surface area (Å²) in [5.74, 6) is 2.23. The number of rotatable bonds is 5. The largest absolute Gasteiger partial charge is 0.491 e. The van der Waals surface area contributed by atoms with Crippen molar-refractivity contribution in [2.24, 2.45) is 0 Å². The first kappa shape index (κ1) is 18.2. The Labute approximate surface area is 162 Å². The van der Waals surface area contributed by atoms with E-state index in [0.717, 1.165) is 40.0 Å². The van der Waals surface area contributed by atoms with Crippen LogP contribution >= 0.6 is 0 Å². The fourth-order valence-electron chi connectivity index (χ4n) is 3.41. The van der Waals surface area contributed by atoms with E-state index in [1.807, 2.05) is 36.0 Å². The summed E-state index contributed by atoms with van der Waals surface area (Å²) in [7, 11) is 0. The van der Waals surface area contributed by atoms with E-state index in [4.69, 9.17) is 14.8 Å². The number of carbonyl (C=O) groups is 1. The minimum atomic E-state index is -0.805. The molecule has 0 amide bonds. The summed E-state index contributed by atoms with van der Waals surface area (Å²) in [4.78, 5) is 20.3. The smallest absolute Gasteiger partial charge is 0.303 e. The molecule has 2 aromatic heterocycles. The van der Waals surface area contributed by atoms with E-state index in [2.05, 4.69) is 28.5 Å². The quantitative estimate of drug-likeness (QED) is 0.730. The molecule has 0 bridgehead atoms. The highest BCUT2D eigenvalue weighted by molar-refractivity contribution is 5.70. The normalized spacial score (nSPS) is 13.0. The molecule has 3 heterocycles. The Morgan fingerprint density at radius 1 is 1.29 bits per heavy atom. The van der Waals surface area contributed by atoms with Crippen molar-refractivity contribution in [3.05, 3.63) is 35.8 Å². The summed E-state index contributed by atoms with van der Waals surface area (Å²) in [6, 6.07) is 6.00. The molecule has 0 spiro atoms. The van der Waals surface area contributed by atoms with Crippen LogP contribution in [-0.2, 0) is 17.8 Å². The van der Waals surface area contributed by atoms with Crippen LogP contribution in [0.3, 0.4) is 0 Å². The Morgan fingerprint density at radius 3 is 2.86 bits per heavy atom. The lowest BCUT2D eigenvalue weighted by molar-refractivity contribution is -0.136. The third-order valence-corrected chi connectivity index (χ3v) is 4.74. The van der Waals surface area contributed by atoms with Gasteiger partial charge in [-0.25, -0.2) is 14.6 Å². The van der Waals surface area contributed by atoms with E-state index in [1.165, 1.54) is 0 Å². The molecule has 8 nitrogen and oxygen atoms in total. The van der Waals surface area contributed by atoms with Gasteiger partial charge < -0.3 is 14.4 Å². The fraction of sp³-hybridized carbons (Fsp3) is 0.400. The molecule has 1 aromatic carbocycles. The molecule has 0 fully saturated rings. The van der Waals surface area contributed by atoms with E-state index in [0.29, 0.717) is 19.6 Å². The van der Waals surface area contributed by atoms with Crippen molar-refractivity contribution in [1.29, 1.82) is 0 Å². The van der Waals surface area contributed by atoms with Gasteiger partial charge in [0.15, 0.2) is 5.82 Å². The molecule has 3 aromatic rings. The van der Waals surface area contributed by atoms with Gasteiger partial charge in [0, 0.05) is 18.7 Å². The predicted octanol–water partition coefficient (Wildman–Crippen LogP) is 3.11. The average Bonchev–Trinajstić information content (AvgIpc) is 3.20. The van der Waals surface area contributed by atoms with Gasteiger partial charge in [-0.3, -0.25) is 4.79 Å². The van der Waals surface area contributed by atoms with Crippen LogP contribution in [0.25, 0.3) is 22.9 Å². The van der Waals surface area contributed by atoms with Crippen molar-refractivity contribution in [1.82, 2.24) is 24.3 Å². The first-order chi connectivity index (χ1) is 13.4. The molecule has 28 heavy (non-hydrogen) atoms. The Balaban J connectivity index is 1.74. The molecule has 0 saturated heterocycles. The molecule has 0 radical (unpaired) electrons. The number of imidazole rings is 1. The van der Waals surface area contributed by atoms with Gasteiger partial charge in [0.25, 0.3) is 0 Å². The van der Waals surface area contributed by atoms with Crippen molar-refractivity contribution in [2.75, 3.05) is 6.61 Å². The van der Waals surface area contributed by atoms with E-state index in [9.17, 15) is 4.79 Å². The van der Waals surface area contributed by atoms with Gasteiger partial charge in [-0.15, -0.1) is 0 Å². The van der Waals surface area contributed by atoms with Gasteiger partial charge in [-0.2, -0.15) is 5.10 Å². The first-order valence-electron chi connectivity index (χ1n) is 9.41. The van der Waals surface area contributed by atoms with E-state index >= 15 is 0 Å². The topological polar surface area (TPSA) is 95.1 Å². The van der Waals surface area contributed by atoms with Crippen LogP contribution in [0.5, 0.6) is 5.75 Å². The summed E-state index contributed by atoms with van der Waals surface area (Å²) in [6.07, 6.45) is 2.57. The maximum Gasteiger partial charge on any atom is 0.303 e.